The van der Waals surface area contributed by atoms with Gasteiger partial charge in [-0.2, -0.15) is 0 Å². The van der Waals surface area contributed by atoms with Gasteiger partial charge in [-0.3, -0.25) is 4.79 Å². The van der Waals surface area contributed by atoms with Crippen LogP contribution in [0.25, 0.3) is 0 Å². The van der Waals surface area contributed by atoms with Crippen molar-refractivity contribution in [2.75, 3.05) is 14.1 Å². The van der Waals surface area contributed by atoms with E-state index in [1.165, 1.54) is 12.8 Å². The fourth-order valence-electron chi connectivity index (χ4n) is 1.05. The number of carbonyl (C=O) groups is 1. The standard InChI is InChI=1S/C10H21NO/c1-9(2)7-5-6-8-10(12)11(3)4/h9H,5-8H2,1-4H3. The van der Waals surface area contributed by atoms with Gasteiger partial charge in [-0.15, -0.1) is 0 Å². The van der Waals surface area contributed by atoms with Gasteiger partial charge in [0.1, 0.15) is 0 Å². The van der Waals surface area contributed by atoms with Crippen LogP contribution in [0.1, 0.15) is 39.5 Å². The highest BCUT2D eigenvalue weighted by Gasteiger charge is 2.02. The van der Waals surface area contributed by atoms with Crippen LogP contribution < -0.4 is 0 Å². The lowest BCUT2D eigenvalue weighted by Gasteiger charge is -2.09. The highest BCUT2D eigenvalue weighted by molar-refractivity contribution is 5.75. The zero-order chi connectivity index (χ0) is 9.56. The molecule has 0 aliphatic carbocycles. The van der Waals surface area contributed by atoms with Crippen LogP contribution in [-0.2, 0) is 4.79 Å². The van der Waals surface area contributed by atoms with Gasteiger partial charge in [-0.25, -0.2) is 0 Å². The normalized spacial score (nSPS) is 10.4. The van der Waals surface area contributed by atoms with Crippen LogP contribution in [0.2, 0.25) is 0 Å². The summed E-state index contributed by atoms with van der Waals surface area (Å²) < 4.78 is 0. The monoisotopic (exact) mass is 171 g/mol. The highest BCUT2D eigenvalue weighted by Crippen LogP contribution is 2.08. The highest BCUT2D eigenvalue weighted by atomic mass is 16.2. The number of hydrogen-bond acceptors (Lipinski definition) is 1. The first kappa shape index (κ1) is 11.5. The van der Waals surface area contributed by atoms with E-state index in [0.29, 0.717) is 6.42 Å². The molecule has 0 rings (SSSR count). The van der Waals surface area contributed by atoms with E-state index in [0.717, 1.165) is 12.3 Å². The number of amides is 1. The van der Waals surface area contributed by atoms with Gasteiger partial charge in [0, 0.05) is 20.5 Å². The van der Waals surface area contributed by atoms with Crippen LogP contribution in [0.4, 0.5) is 0 Å². The second-order valence-corrected chi connectivity index (χ2v) is 3.93. The van der Waals surface area contributed by atoms with Crippen molar-refractivity contribution in [2.24, 2.45) is 5.92 Å². The SMILES string of the molecule is CC(C)CCCCC(=O)N(C)C. The first-order chi connectivity index (χ1) is 5.54. The van der Waals surface area contributed by atoms with E-state index in [-0.39, 0.29) is 5.91 Å². The van der Waals surface area contributed by atoms with Gasteiger partial charge in [0.05, 0.1) is 0 Å². The number of carbonyl (C=O) groups excluding carboxylic acids is 1. The Morgan fingerprint density at radius 3 is 2.25 bits per heavy atom. The van der Waals surface area contributed by atoms with Crippen LogP contribution in [0, 0.1) is 5.92 Å². The molecule has 2 nitrogen and oxygen atoms in total. The summed E-state index contributed by atoms with van der Waals surface area (Å²) in [7, 11) is 3.62. The number of hydrogen-bond donors (Lipinski definition) is 0. The zero-order valence-corrected chi connectivity index (χ0v) is 8.76. The molecule has 0 spiro atoms. The predicted molar refractivity (Wildman–Crippen MR) is 52.0 cm³/mol. The van der Waals surface area contributed by atoms with E-state index >= 15 is 0 Å². The molecule has 0 aliphatic heterocycles. The minimum absolute atomic E-state index is 0.249. The summed E-state index contributed by atoms with van der Waals surface area (Å²) >= 11 is 0. The van der Waals surface area contributed by atoms with Crippen molar-refractivity contribution in [3.8, 4) is 0 Å². The van der Waals surface area contributed by atoms with E-state index < -0.39 is 0 Å². The Morgan fingerprint density at radius 1 is 1.25 bits per heavy atom. The predicted octanol–water partition coefficient (Wildman–Crippen LogP) is 2.29. The third-order valence-electron chi connectivity index (χ3n) is 1.92. The van der Waals surface area contributed by atoms with Gasteiger partial charge < -0.3 is 4.90 Å². The molecular formula is C10H21NO. The van der Waals surface area contributed by atoms with Crippen LogP contribution >= 0.6 is 0 Å². The second-order valence-electron chi connectivity index (χ2n) is 3.93. The topological polar surface area (TPSA) is 20.3 Å². The lowest BCUT2D eigenvalue weighted by molar-refractivity contribution is -0.128. The van der Waals surface area contributed by atoms with Crippen LogP contribution in [0.5, 0.6) is 0 Å². The lowest BCUT2D eigenvalue weighted by atomic mass is 10.1. The Bertz CT molecular complexity index is 130. The van der Waals surface area contributed by atoms with Gasteiger partial charge in [0.25, 0.3) is 0 Å². The van der Waals surface area contributed by atoms with Crippen molar-refractivity contribution in [3.63, 3.8) is 0 Å². The molecule has 0 aromatic heterocycles. The number of rotatable bonds is 5. The summed E-state index contributed by atoms with van der Waals surface area (Å²) in [6.45, 7) is 4.43. The summed E-state index contributed by atoms with van der Waals surface area (Å²) in [4.78, 5) is 12.8. The first-order valence-electron chi connectivity index (χ1n) is 4.74. The first-order valence-corrected chi connectivity index (χ1v) is 4.74. The lowest BCUT2D eigenvalue weighted by Crippen LogP contribution is -2.21. The third kappa shape index (κ3) is 6.20. The molecule has 0 saturated heterocycles. The minimum atomic E-state index is 0.249. The number of nitrogens with zero attached hydrogens (tertiary/aromatic N) is 1. The van der Waals surface area contributed by atoms with Gasteiger partial charge in [0.2, 0.25) is 5.91 Å². The third-order valence-corrected chi connectivity index (χ3v) is 1.92. The maximum absolute atomic E-state index is 11.1. The maximum atomic E-state index is 11.1. The molecule has 0 heterocycles. The van der Waals surface area contributed by atoms with Crippen LogP contribution in [-0.4, -0.2) is 24.9 Å². The maximum Gasteiger partial charge on any atom is 0.222 e. The van der Waals surface area contributed by atoms with E-state index in [1.54, 1.807) is 4.90 Å². The van der Waals surface area contributed by atoms with E-state index in [4.69, 9.17) is 0 Å². The molecular weight excluding hydrogens is 150 g/mol. The van der Waals surface area contributed by atoms with Crippen LogP contribution in [0.15, 0.2) is 0 Å². The Labute approximate surface area is 75.9 Å². The summed E-state index contributed by atoms with van der Waals surface area (Å²) in [6, 6.07) is 0. The molecule has 0 aromatic rings. The largest absolute Gasteiger partial charge is 0.349 e. The minimum Gasteiger partial charge on any atom is -0.349 e. The Kier molecular flexibility index (Phi) is 5.77. The zero-order valence-electron chi connectivity index (χ0n) is 8.76. The van der Waals surface area contributed by atoms with Crippen molar-refractivity contribution < 1.29 is 4.79 Å². The molecule has 0 unspecified atom stereocenters. The molecule has 72 valence electrons. The molecule has 0 aromatic carbocycles. The average Bonchev–Trinajstić information content (AvgIpc) is 1.97. The fourth-order valence-corrected chi connectivity index (χ4v) is 1.05. The molecule has 0 atom stereocenters. The average molecular weight is 171 g/mol. The Morgan fingerprint density at radius 2 is 1.83 bits per heavy atom. The molecule has 0 saturated carbocycles. The molecule has 2 heteroatoms. The summed E-state index contributed by atoms with van der Waals surface area (Å²) in [5, 5.41) is 0. The Balaban J connectivity index is 3.26. The summed E-state index contributed by atoms with van der Waals surface area (Å²) in [6.07, 6.45) is 4.16. The van der Waals surface area contributed by atoms with Crippen molar-refractivity contribution in [1.82, 2.24) is 4.90 Å². The van der Waals surface area contributed by atoms with Gasteiger partial charge in [-0.1, -0.05) is 26.7 Å². The Hall–Kier alpha value is -0.530. The van der Waals surface area contributed by atoms with Crippen molar-refractivity contribution in [2.45, 2.75) is 39.5 Å². The molecule has 0 radical (unpaired) electrons. The second kappa shape index (κ2) is 6.04. The molecule has 0 aliphatic rings. The molecule has 12 heavy (non-hydrogen) atoms. The fraction of sp³-hybridized carbons (Fsp3) is 0.900. The molecule has 0 fully saturated rings. The van der Waals surface area contributed by atoms with Gasteiger partial charge in [-0.05, 0) is 12.3 Å². The van der Waals surface area contributed by atoms with Crippen LogP contribution in [0.3, 0.4) is 0 Å². The summed E-state index contributed by atoms with van der Waals surface area (Å²) in [5.41, 5.74) is 0. The molecule has 0 N–H and O–H groups in total. The van der Waals surface area contributed by atoms with Crippen molar-refractivity contribution in [3.05, 3.63) is 0 Å². The summed E-state index contributed by atoms with van der Waals surface area (Å²) in [5.74, 6) is 1.01. The van der Waals surface area contributed by atoms with Crippen molar-refractivity contribution in [1.29, 1.82) is 0 Å². The van der Waals surface area contributed by atoms with Gasteiger partial charge >= 0.3 is 0 Å². The quantitative estimate of drug-likeness (QED) is 0.581. The smallest absolute Gasteiger partial charge is 0.222 e. The number of unbranched alkanes of at least 4 members (excludes halogenated alkanes) is 1. The molecule has 1 amide bonds. The van der Waals surface area contributed by atoms with Gasteiger partial charge in [0.15, 0.2) is 0 Å². The van der Waals surface area contributed by atoms with E-state index in [1.807, 2.05) is 14.1 Å². The van der Waals surface area contributed by atoms with Crippen molar-refractivity contribution >= 4 is 5.91 Å². The van der Waals surface area contributed by atoms with E-state index in [2.05, 4.69) is 13.8 Å². The molecule has 0 bridgehead atoms. The van der Waals surface area contributed by atoms with E-state index in [9.17, 15) is 4.79 Å².